The number of aromatic amines is 1. The minimum Gasteiger partial charge on any atom is -0.467 e. The first-order chi connectivity index (χ1) is 14.4. The summed E-state index contributed by atoms with van der Waals surface area (Å²) in [4.78, 5) is 33.2. The molecule has 7 nitrogen and oxygen atoms in total. The van der Waals surface area contributed by atoms with Crippen LogP contribution < -0.4 is 10.9 Å². The molecule has 0 fully saturated rings. The van der Waals surface area contributed by atoms with E-state index in [0.29, 0.717) is 32.7 Å². The standard InChI is InChI=1S/C21H19ClN4O3S/c1-12-5-6-14(22)9-16(12)24-18(27)11-30-21-25-17-8-13(2)23-19(17)20(28)26(21)10-15-4-3-7-29-15/h3-9,23H,10-11H2,1-2H3,(H,24,27). The monoisotopic (exact) mass is 442 g/mol. The fourth-order valence-corrected chi connectivity index (χ4v) is 4.03. The Morgan fingerprint density at radius 1 is 1.30 bits per heavy atom. The summed E-state index contributed by atoms with van der Waals surface area (Å²) >= 11 is 7.22. The maximum atomic E-state index is 13.0. The Balaban J connectivity index is 1.60. The fourth-order valence-electron chi connectivity index (χ4n) is 3.06. The predicted octanol–water partition coefficient (Wildman–Crippen LogP) is 4.37. The van der Waals surface area contributed by atoms with Crippen LogP contribution in [0.3, 0.4) is 0 Å². The molecule has 1 aromatic carbocycles. The highest BCUT2D eigenvalue weighted by Crippen LogP contribution is 2.22. The maximum absolute atomic E-state index is 13.0. The quantitative estimate of drug-likeness (QED) is 0.341. The van der Waals surface area contributed by atoms with Crippen LogP contribution >= 0.6 is 23.4 Å². The topological polar surface area (TPSA) is 92.9 Å². The second-order valence-electron chi connectivity index (χ2n) is 6.87. The lowest BCUT2D eigenvalue weighted by Gasteiger charge is -2.12. The van der Waals surface area contributed by atoms with Crippen molar-refractivity contribution in [3.8, 4) is 0 Å². The third-order valence-electron chi connectivity index (χ3n) is 4.54. The van der Waals surface area contributed by atoms with Gasteiger partial charge in [0.25, 0.3) is 5.56 Å². The summed E-state index contributed by atoms with van der Waals surface area (Å²) in [6.45, 7) is 3.99. The van der Waals surface area contributed by atoms with Crippen LogP contribution in [0.1, 0.15) is 17.0 Å². The van der Waals surface area contributed by atoms with Crippen molar-refractivity contribution in [2.45, 2.75) is 25.5 Å². The minimum absolute atomic E-state index is 0.0887. The van der Waals surface area contributed by atoms with Gasteiger partial charge >= 0.3 is 0 Å². The lowest BCUT2D eigenvalue weighted by molar-refractivity contribution is -0.113. The van der Waals surface area contributed by atoms with Gasteiger partial charge < -0.3 is 14.7 Å². The molecule has 2 N–H and O–H groups in total. The van der Waals surface area contributed by atoms with E-state index in [1.54, 1.807) is 30.5 Å². The Kier molecular flexibility index (Phi) is 5.69. The molecule has 30 heavy (non-hydrogen) atoms. The van der Waals surface area contributed by atoms with Crippen LogP contribution in [0.5, 0.6) is 0 Å². The van der Waals surface area contributed by atoms with Gasteiger partial charge in [0.1, 0.15) is 11.3 Å². The summed E-state index contributed by atoms with van der Waals surface area (Å²) in [5.41, 5.74) is 3.21. The van der Waals surface area contributed by atoms with Crippen LogP contribution in [0.25, 0.3) is 11.0 Å². The van der Waals surface area contributed by atoms with Gasteiger partial charge in [0.2, 0.25) is 5.91 Å². The van der Waals surface area contributed by atoms with E-state index >= 15 is 0 Å². The van der Waals surface area contributed by atoms with Gasteiger partial charge in [-0.25, -0.2) is 4.98 Å². The van der Waals surface area contributed by atoms with E-state index in [2.05, 4.69) is 15.3 Å². The molecule has 3 heterocycles. The van der Waals surface area contributed by atoms with Gasteiger partial charge in [-0.3, -0.25) is 14.2 Å². The number of halogens is 1. The van der Waals surface area contributed by atoms with E-state index in [0.717, 1.165) is 11.3 Å². The average Bonchev–Trinajstić information content (AvgIpc) is 3.35. The molecule has 0 aliphatic heterocycles. The number of aryl methyl sites for hydroxylation is 2. The van der Waals surface area contributed by atoms with Crippen LogP contribution in [0.2, 0.25) is 5.02 Å². The van der Waals surface area contributed by atoms with Crippen LogP contribution in [-0.2, 0) is 11.3 Å². The predicted molar refractivity (Wildman–Crippen MR) is 118 cm³/mol. The number of nitrogens with one attached hydrogen (secondary N) is 2. The molecule has 0 radical (unpaired) electrons. The fraction of sp³-hybridized carbons (Fsp3) is 0.190. The van der Waals surface area contributed by atoms with Gasteiger partial charge in [-0.2, -0.15) is 0 Å². The van der Waals surface area contributed by atoms with Crippen molar-refractivity contribution in [3.63, 3.8) is 0 Å². The second-order valence-corrected chi connectivity index (χ2v) is 8.25. The number of amides is 1. The van der Waals surface area contributed by atoms with Crippen LogP contribution in [0.15, 0.2) is 57.0 Å². The van der Waals surface area contributed by atoms with Gasteiger partial charge in [0.05, 0.1) is 24.1 Å². The van der Waals surface area contributed by atoms with E-state index in [4.69, 9.17) is 16.0 Å². The SMILES string of the molecule is Cc1cc2nc(SCC(=O)Nc3cc(Cl)ccc3C)n(Cc3ccco3)c(=O)c2[nH]1. The second kappa shape index (κ2) is 8.41. The Hall–Kier alpha value is -2.97. The minimum atomic E-state index is -0.213. The number of aromatic nitrogens is 3. The Labute approximate surface area is 181 Å². The molecule has 4 aromatic rings. The van der Waals surface area contributed by atoms with Gasteiger partial charge in [0.15, 0.2) is 5.16 Å². The zero-order chi connectivity index (χ0) is 21.3. The van der Waals surface area contributed by atoms with Gasteiger partial charge in [-0.15, -0.1) is 0 Å². The normalized spacial score (nSPS) is 11.2. The largest absolute Gasteiger partial charge is 0.467 e. The summed E-state index contributed by atoms with van der Waals surface area (Å²) in [6.07, 6.45) is 1.55. The molecule has 3 aromatic heterocycles. The van der Waals surface area contributed by atoms with Crippen molar-refractivity contribution in [3.05, 3.63) is 75.1 Å². The number of carbonyl (C=O) groups is 1. The summed E-state index contributed by atoms with van der Waals surface area (Å²) < 4.78 is 6.91. The molecular formula is C21H19ClN4O3S. The Morgan fingerprint density at radius 2 is 2.13 bits per heavy atom. The molecule has 0 saturated carbocycles. The molecular weight excluding hydrogens is 424 g/mol. The molecule has 0 bridgehead atoms. The smallest absolute Gasteiger partial charge is 0.278 e. The molecule has 0 aliphatic carbocycles. The first-order valence-electron chi connectivity index (χ1n) is 9.22. The van der Waals surface area contributed by atoms with Gasteiger partial charge in [-0.05, 0) is 49.7 Å². The number of H-pyrrole nitrogens is 1. The van der Waals surface area contributed by atoms with Crippen LogP contribution in [0.4, 0.5) is 5.69 Å². The summed E-state index contributed by atoms with van der Waals surface area (Å²) in [5.74, 6) is 0.503. The third-order valence-corrected chi connectivity index (χ3v) is 5.75. The number of carbonyl (C=O) groups excluding carboxylic acids is 1. The number of thioether (sulfide) groups is 1. The first-order valence-corrected chi connectivity index (χ1v) is 10.6. The number of benzene rings is 1. The molecule has 154 valence electrons. The van der Waals surface area contributed by atoms with Crippen LogP contribution in [-0.4, -0.2) is 26.2 Å². The number of hydrogen-bond donors (Lipinski definition) is 2. The van der Waals surface area contributed by atoms with Crippen molar-refractivity contribution in [1.29, 1.82) is 0 Å². The number of rotatable bonds is 6. The van der Waals surface area contributed by atoms with Crippen molar-refractivity contribution in [2.24, 2.45) is 0 Å². The highest BCUT2D eigenvalue weighted by molar-refractivity contribution is 7.99. The number of anilines is 1. The molecule has 0 atom stereocenters. The van der Waals surface area contributed by atoms with Crippen LogP contribution in [0, 0.1) is 13.8 Å². The molecule has 0 saturated heterocycles. The van der Waals surface area contributed by atoms with E-state index in [1.165, 1.54) is 16.3 Å². The van der Waals surface area contributed by atoms with E-state index in [-0.39, 0.29) is 23.8 Å². The molecule has 1 amide bonds. The number of furan rings is 1. The molecule has 0 unspecified atom stereocenters. The van der Waals surface area contributed by atoms with Gasteiger partial charge in [0, 0.05) is 16.4 Å². The number of hydrogen-bond acceptors (Lipinski definition) is 5. The lowest BCUT2D eigenvalue weighted by atomic mass is 10.2. The highest BCUT2D eigenvalue weighted by Gasteiger charge is 2.16. The Morgan fingerprint density at radius 3 is 2.90 bits per heavy atom. The van der Waals surface area contributed by atoms with Crippen molar-refractivity contribution in [1.82, 2.24) is 14.5 Å². The molecule has 9 heteroatoms. The molecule has 0 aliphatic rings. The van der Waals surface area contributed by atoms with E-state index in [1.807, 2.05) is 26.0 Å². The highest BCUT2D eigenvalue weighted by atomic mass is 35.5. The summed E-state index contributed by atoms with van der Waals surface area (Å²) in [5, 5.41) is 3.85. The number of nitrogens with zero attached hydrogens (tertiary/aromatic N) is 2. The van der Waals surface area contributed by atoms with Crippen molar-refractivity contribution >= 4 is 46.0 Å². The van der Waals surface area contributed by atoms with Gasteiger partial charge in [-0.1, -0.05) is 29.4 Å². The first kappa shape index (κ1) is 20.3. The molecule has 4 rings (SSSR count). The van der Waals surface area contributed by atoms with Crippen molar-refractivity contribution in [2.75, 3.05) is 11.1 Å². The third kappa shape index (κ3) is 4.29. The molecule has 0 spiro atoms. The summed E-state index contributed by atoms with van der Waals surface area (Å²) in [6, 6.07) is 10.7. The van der Waals surface area contributed by atoms with E-state index in [9.17, 15) is 9.59 Å². The zero-order valence-electron chi connectivity index (χ0n) is 16.4. The van der Waals surface area contributed by atoms with E-state index < -0.39 is 0 Å². The van der Waals surface area contributed by atoms with Crippen molar-refractivity contribution < 1.29 is 9.21 Å². The summed E-state index contributed by atoms with van der Waals surface area (Å²) in [7, 11) is 0. The lowest BCUT2D eigenvalue weighted by Crippen LogP contribution is -2.24. The average molecular weight is 443 g/mol. The maximum Gasteiger partial charge on any atom is 0.278 e. The zero-order valence-corrected chi connectivity index (χ0v) is 17.9. The number of fused-ring (bicyclic) bond motifs is 1. The Bertz CT molecular complexity index is 1280.